The van der Waals surface area contributed by atoms with Crippen LogP contribution in [0.25, 0.3) is 0 Å². The molecule has 16 heteroatoms. The maximum absolute atomic E-state index is 15.4. The molecule has 1 aromatic rings. The summed E-state index contributed by atoms with van der Waals surface area (Å²) in [7, 11) is -4.51. The van der Waals surface area contributed by atoms with Gasteiger partial charge in [0.15, 0.2) is 24.5 Å². The Labute approximate surface area is 234 Å². The van der Waals surface area contributed by atoms with Gasteiger partial charge in [-0.25, -0.2) is 8.96 Å². The third kappa shape index (κ3) is 8.69. The van der Waals surface area contributed by atoms with Crippen LogP contribution in [0.2, 0.25) is 5.02 Å². The molecule has 1 aromatic carbocycles. The largest absolute Gasteiger partial charge is 0.477 e. The highest BCUT2D eigenvalue weighted by molar-refractivity contribution is 7.48. The average Bonchev–Trinajstić information content (AvgIpc) is 2.85. The summed E-state index contributed by atoms with van der Waals surface area (Å²) < 4.78 is 71.5. The van der Waals surface area contributed by atoms with Crippen LogP contribution in [0.1, 0.15) is 45.8 Å². The van der Waals surface area contributed by atoms with Crippen molar-refractivity contribution in [1.29, 1.82) is 0 Å². The Balaban J connectivity index is 1.97. The van der Waals surface area contributed by atoms with E-state index in [4.69, 9.17) is 48.9 Å². The predicted octanol–water partition coefficient (Wildman–Crippen LogP) is 3.36. The van der Waals surface area contributed by atoms with Crippen molar-refractivity contribution < 1.29 is 65.4 Å². The molecule has 0 spiro atoms. The number of halogens is 2. The lowest BCUT2D eigenvalue weighted by Crippen LogP contribution is -2.64. The van der Waals surface area contributed by atoms with Crippen LogP contribution in [0.15, 0.2) is 24.3 Å². The maximum Gasteiger partial charge on any atom is 0.477 e. The molecule has 222 valence electrons. The topological polar surface area (TPSA) is 159 Å². The fourth-order valence-electron chi connectivity index (χ4n) is 4.10. The van der Waals surface area contributed by atoms with Gasteiger partial charge in [-0.2, -0.15) is 0 Å². The normalized spacial score (nSPS) is 30.9. The predicted molar refractivity (Wildman–Crippen MR) is 131 cm³/mol. The average molecular weight is 611 g/mol. The fourth-order valence-corrected chi connectivity index (χ4v) is 5.76. The number of hydrogen-bond acceptors (Lipinski definition) is 13. The van der Waals surface area contributed by atoms with Crippen molar-refractivity contribution in [2.75, 3.05) is 13.2 Å². The summed E-state index contributed by atoms with van der Waals surface area (Å²) in [4.78, 5) is 47.1. The summed E-state index contributed by atoms with van der Waals surface area (Å²) in [5, 5.41) is 0.402. The SMILES string of the molecule is CC(=O)OC[C@H](F)C1O[C@@H](O[P@]2(=O)OCC[C@H](c3cccc(Cl)c3)O2)C(OC(C)=O)C(OC(C)=O)[C@@H]1OC(C)=O. The summed E-state index contributed by atoms with van der Waals surface area (Å²) in [6, 6.07) is 6.58. The van der Waals surface area contributed by atoms with Crippen molar-refractivity contribution in [1.82, 2.24) is 0 Å². The van der Waals surface area contributed by atoms with Crippen LogP contribution < -0.4 is 0 Å². The summed E-state index contributed by atoms with van der Waals surface area (Å²) in [6.07, 6.45) is -11.6. The highest BCUT2D eigenvalue weighted by Crippen LogP contribution is 2.58. The van der Waals surface area contributed by atoms with Gasteiger partial charge < -0.3 is 23.7 Å². The Morgan fingerprint density at radius 2 is 1.62 bits per heavy atom. The molecule has 0 aromatic heterocycles. The molecule has 3 unspecified atom stereocenters. The number of carbonyl (C=O) groups is 4. The van der Waals surface area contributed by atoms with Gasteiger partial charge in [-0.15, -0.1) is 0 Å². The van der Waals surface area contributed by atoms with Gasteiger partial charge in [0, 0.05) is 39.1 Å². The third-order valence-electron chi connectivity index (χ3n) is 5.58. The van der Waals surface area contributed by atoms with Gasteiger partial charge in [0.25, 0.3) is 0 Å². The van der Waals surface area contributed by atoms with Gasteiger partial charge in [0.2, 0.25) is 6.29 Å². The van der Waals surface area contributed by atoms with Crippen LogP contribution in [0.4, 0.5) is 4.39 Å². The van der Waals surface area contributed by atoms with Crippen LogP contribution in [-0.2, 0) is 61.0 Å². The van der Waals surface area contributed by atoms with E-state index in [0.717, 1.165) is 27.7 Å². The van der Waals surface area contributed by atoms with Crippen molar-refractivity contribution in [2.24, 2.45) is 0 Å². The second-order valence-corrected chi connectivity index (χ2v) is 10.8. The first-order valence-corrected chi connectivity index (χ1v) is 13.9. The number of alkyl halides is 1. The number of carbonyl (C=O) groups excluding carboxylic acids is 4. The van der Waals surface area contributed by atoms with Gasteiger partial charge >= 0.3 is 31.7 Å². The van der Waals surface area contributed by atoms with Crippen LogP contribution in [0.3, 0.4) is 0 Å². The van der Waals surface area contributed by atoms with Crippen LogP contribution in [-0.4, -0.2) is 74.0 Å². The lowest BCUT2D eigenvalue weighted by molar-refractivity contribution is -0.297. The molecule has 0 bridgehead atoms. The Bertz CT molecular complexity index is 1150. The zero-order valence-corrected chi connectivity index (χ0v) is 23.6. The second-order valence-electron chi connectivity index (χ2n) is 8.83. The number of rotatable bonds is 9. The molecule has 2 heterocycles. The molecule has 2 saturated heterocycles. The molecule has 0 aliphatic carbocycles. The van der Waals surface area contributed by atoms with Gasteiger partial charge in [-0.3, -0.25) is 32.7 Å². The van der Waals surface area contributed by atoms with E-state index in [9.17, 15) is 23.7 Å². The molecule has 0 radical (unpaired) electrons. The number of benzene rings is 1. The zero-order valence-electron chi connectivity index (χ0n) is 22.0. The number of ether oxygens (including phenoxy) is 5. The summed E-state index contributed by atoms with van der Waals surface area (Å²) in [5.74, 6) is -3.58. The number of phosphoric acid groups is 1. The van der Waals surface area contributed by atoms with Crippen molar-refractivity contribution in [2.45, 2.75) is 77.1 Å². The Morgan fingerprint density at radius 3 is 2.23 bits per heavy atom. The molecule has 0 N–H and O–H groups in total. The van der Waals surface area contributed by atoms with E-state index >= 15 is 4.39 Å². The third-order valence-corrected chi connectivity index (χ3v) is 7.29. The van der Waals surface area contributed by atoms with Crippen molar-refractivity contribution in [3.05, 3.63) is 34.9 Å². The molecule has 3 rings (SSSR count). The van der Waals surface area contributed by atoms with Crippen LogP contribution in [0.5, 0.6) is 0 Å². The fraction of sp³-hybridized carbons (Fsp3) is 0.583. The van der Waals surface area contributed by atoms with E-state index < -0.39 is 81.3 Å². The quantitative estimate of drug-likeness (QED) is 0.228. The van der Waals surface area contributed by atoms with E-state index in [2.05, 4.69) is 0 Å². The summed E-state index contributed by atoms with van der Waals surface area (Å²) in [5.41, 5.74) is 0.566. The van der Waals surface area contributed by atoms with E-state index in [1.54, 1.807) is 24.3 Å². The molecule has 0 saturated carbocycles. The number of phosphoric ester groups is 1. The zero-order chi connectivity index (χ0) is 29.6. The van der Waals surface area contributed by atoms with Crippen LogP contribution >= 0.6 is 19.4 Å². The van der Waals surface area contributed by atoms with E-state index in [-0.39, 0.29) is 13.0 Å². The monoisotopic (exact) mass is 610 g/mol. The molecule has 2 aliphatic rings. The lowest BCUT2D eigenvalue weighted by Gasteiger charge is -2.45. The first-order chi connectivity index (χ1) is 18.8. The maximum atomic E-state index is 15.4. The Morgan fingerprint density at radius 1 is 1.00 bits per heavy atom. The molecule has 0 amide bonds. The van der Waals surface area contributed by atoms with Gasteiger partial charge in [-0.05, 0) is 17.7 Å². The van der Waals surface area contributed by atoms with E-state index in [1.807, 2.05) is 0 Å². The highest BCUT2D eigenvalue weighted by Gasteiger charge is 2.57. The standard InChI is InChI=1S/C24H29ClFO13P/c1-12(27)32-11-18(26)20-21(34-13(2)28)22(35-14(3)29)23(36-15(4)30)24(37-20)39-40(31)33-9-8-19(38-40)16-6-5-7-17(25)10-16/h5-7,10,18-24H,8-9,11H2,1-4H3/t18-,19+,20?,21+,22?,23?,24-,40+/m0/s1. The van der Waals surface area contributed by atoms with E-state index in [0.29, 0.717) is 10.6 Å². The van der Waals surface area contributed by atoms with Gasteiger partial charge in [-0.1, -0.05) is 23.7 Å². The molecule has 40 heavy (non-hydrogen) atoms. The van der Waals surface area contributed by atoms with E-state index in [1.165, 1.54) is 0 Å². The molecular formula is C24H29ClFO13P. The molecule has 2 aliphatic heterocycles. The van der Waals surface area contributed by atoms with Crippen molar-refractivity contribution in [3.8, 4) is 0 Å². The minimum atomic E-state index is -4.51. The Kier molecular flexibility index (Phi) is 11.0. The number of esters is 4. The number of hydrogen-bond donors (Lipinski definition) is 0. The minimum absolute atomic E-state index is 0.0928. The molecule has 13 nitrogen and oxygen atoms in total. The Hall–Kier alpha value is -2.61. The highest BCUT2D eigenvalue weighted by atomic mass is 35.5. The van der Waals surface area contributed by atoms with Crippen molar-refractivity contribution >= 4 is 43.3 Å². The first-order valence-electron chi connectivity index (χ1n) is 12.1. The minimum Gasteiger partial charge on any atom is -0.463 e. The molecular weight excluding hydrogens is 582 g/mol. The van der Waals surface area contributed by atoms with Gasteiger partial charge in [0.05, 0.1) is 12.7 Å². The second kappa shape index (κ2) is 13.8. The van der Waals surface area contributed by atoms with Crippen LogP contribution in [0, 0.1) is 0 Å². The smallest absolute Gasteiger partial charge is 0.463 e. The first kappa shape index (κ1) is 31.9. The summed E-state index contributed by atoms with van der Waals surface area (Å²) >= 11 is 6.06. The summed E-state index contributed by atoms with van der Waals surface area (Å²) in [6.45, 7) is 3.12. The molecule has 8 atom stereocenters. The van der Waals surface area contributed by atoms with Crippen molar-refractivity contribution in [3.63, 3.8) is 0 Å². The van der Waals surface area contributed by atoms with Gasteiger partial charge in [0.1, 0.15) is 12.7 Å². The lowest BCUT2D eigenvalue weighted by atomic mass is 9.95. The molecule has 2 fully saturated rings.